The maximum Gasteiger partial charge on any atom is 0.164 e. The van der Waals surface area contributed by atoms with Crippen LogP contribution in [0, 0.1) is 0 Å². The number of fused-ring (bicyclic) bond motifs is 15. The first kappa shape index (κ1) is 67.5. The molecule has 0 saturated carbocycles. The topological polar surface area (TPSA) is 84.2 Å². The third kappa shape index (κ3) is 10.7. The summed E-state index contributed by atoms with van der Waals surface area (Å²) in [6, 6.07) is 152. The second-order valence-corrected chi connectivity index (χ2v) is 31.0. The summed E-state index contributed by atoms with van der Waals surface area (Å²) in [5.74, 6) is 2.41. The summed E-state index contributed by atoms with van der Waals surface area (Å²) in [6.07, 6.45) is 0. The summed E-state index contributed by atoms with van der Waals surface area (Å²) in [4.78, 5) is 27.2. The summed E-state index contributed by atoms with van der Waals surface area (Å²) in [5, 5.41) is 9.28. The second-order valence-electron chi connectivity index (χ2n) is 31.0. The Hall–Kier alpha value is -16.0. The number of hydrogen-bond acceptors (Lipinski definition) is 5. The third-order valence-electron chi connectivity index (χ3n) is 24.4. The maximum absolute atomic E-state index is 5.70. The van der Waals surface area contributed by atoms with Crippen LogP contribution in [-0.2, 0) is 5.41 Å². The molecule has 0 radical (unpaired) electrons. The van der Waals surface area contributed by atoms with E-state index in [9.17, 15) is 0 Å². The van der Waals surface area contributed by atoms with Crippen LogP contribution in [0.5, 0.6) is 0 Å². The first-order valence-corrected chi connectivity index (χ1v) is 40.5. The Kier molecular flexibility index (Phi) is 15.4. The van der Waals surface area contributed by atoms with Crippen LogP contribution in [0.1, 0.15) is 22.3 Å². The summed E-state index contributed by atoms with van der Waals surface area (Å²) in [5.41, 5.74) is 28.7. The minimum Gasteiger partial charge on any atom is -0.309 e. The number of rotatable bonds is 13. The van der Waals surface area contributed by atoms with Gasteiger partial charge in [0.1, 0.15) is 0 Å². The van der Waals surface area contributed by atoms with Crippen molar-refractivity contribution >= 4 is 87.2 Å². The van der Waals surface area contributed by atoms with E-state index in [0.29, 0.717) is 23.3 Å². The standard InChI is InChI=1S/C110H69N9/c1-6-31-70(32-7-1)106-111-95(69-96(112-106)90-48-30-50-94-105(90)89-47-16-23-49-93(89)110(94,77-37-12-4-13-38-77)78-39-14-5-15-40-78)75-61-79(116-97-51-24-17-41-83(97)84-42-18-25-52-98(84)116)67-80(62-75)118-101-55-28-21-45-87(101)91-65-73(57-59-103(91)118)74-58-60-104-92(66-74)88-46-22-29-56-102(88)119(104)82-64-76(63-81(68-82)117-99-53-26-19-43-85(99)86-44-20-27-54-100(86)117)109-114-107(71-33-8-2-9-34-71)113-108(115-109)72-35-10-3-11-36-72/h1-69H. The van der Waals surface area contributed by atoms with Crippen molar-refractivity contribution in [3.8, 4) is 113 Å². The smallest absolute Gasteiger partial charge is 0.164 e. The van der Waals surface area contributed by atoms with E-state index in [2.05, 4.69) is 400 Å². The molecule has 0 unspecified atom stereocenters. The lowest BCUT2D eigenvalue weighted by molar-refractivity contribution is 0.768. The molecule has 24 rings (SSSR count). The molecule has 0 atom stereocenters. The van der Waals surface area contributed by atoms with Crippen LogP contribution in [0.4, 0.5) is 0 Å². The molecule has 0 bridgehead atoms. The third-order valence-corrected chi connectivity index (χ3v) is 24.4. The molecule has 0 amide bonds. The lowest BCUT2D eigenvalue weighted by Gasteiger charge is -2.33. The number of nitrogens with zero attached hydrogens (tertiary/aromatic N) is 9. The van der Waals surface area contributed by atoms with Gasteiger partial charge in [-0.05, 0) is 148 Å². The maximum atomic E-state index is 5.70. The summed E-state index contributed by atoms with van der Waals surface area (Å²) in [6.45, 7) is 0. The molecule has 23 aromatic rings. The van der Waals surface area contributed by atoms with Gasteiger partial charge >= 0.3 is 0 Å². The number of benzene rings is 17. The monoisotopic (exact) mass is 1520 g/mol. The highest BCUT2D eigenvalue weighted by Gasteiger charge is 2.47. The highest BCUT2D eigenvalue weighted by atomic mass is 15.1. The van der Waals surface area contributed by atoms with E-state index in [1.807, 2.05) is 36.4 Å². The summed E-state index contributed by atoms with van der Waals surface area (Å²) in [7, 11) is 0. The van der Waals surface area contributed by atoms with Gasteiger partial charge < -0.3 is 18.3 Å². The van der Waals surface area contributed by atoms with E-state index in [1.54, 1.807) is 0 Å². The van der Waals surface area contributed by atoms with Crippen LogP contribution >= 0.6 is 0 Å². The molecule has 1 aliphatic rings. The van der Waals surface area contributed by atoms with Crippen LogP contribution in [-0.4, -0.2) is 43.2 Å². The molecule has 0 spiro atoms. The fraction of sp³-hybridized carbons (Fsp3) is 0.00909. The minimum absolute atomic E-state index is 0.572. The van der Waals surface area contributed by atoms with Crippen molar-refractivity contribution in [1.29, 1.82) is 0 Å². The van der Waals surface area contributed by atoms with Gasteiger partial charge in [0.15, 0.2) is 23.3 Å². The van der Waals surface area contributed by atoms with Gasteiger partial charge in [0.05, 0.1) is 60.9 Å². The molecule has 6 aromatic heterocycles. The zero-order chi connectivity index (χ0) is 78.2. The first-order valence-electron chi connectivity index (χ1n) is 40.5. The van der Waals surface area contributed by atoms with Crippen molar-refractivity contribution in [3.05, 3.63) is 441 Å². The van der Waals surface area contributed by atoms with Crippen molar-refractivity contribution < 1.29 is 0 Å². The Morgan fingerprint density at radius 1 is 0.176 bits per heavy atom. The predicted octanol–water partition coefficient (Wildman–Crippen LogP) is 27.1. The minimum atomic E-state index is -0.605. The van der Waals surface area contributed by atoms with Crippen molar-refractivity contribution in [2.75, 3.05) is 0 Å². The molecule has 17 aromatic carbocycles. The van der Waals surface area contributed by atoms with Crippen molar-refractivity contribution in [3.63, 3.8) is 0 Å². The van der Waals surface area contributed by atoms with E-state index in [1.165, 1.54) is 49.4 Å². The zero-order valence-corrected chi connectivity index (χ0v) is 64.4. The Bertz CT molecular complexity index is 7830. The van der Waals surface area contributed by atoms with E-state index in [0.717, 1.165) is 150 Å². The van der Waals surface area contributed by atoms with Gasteiger partial charge in [-0.1, -0.05) is 315 Å². The normalized spacial score (nSPS) is 12.4. The predicted molar refractivity (Wildman–Crippen MR) is 488 cm³/mol. The van der Waals surface area contributed by atoms with E-state index in [4.69, 9.17) is 24.9 Å². The van der Waals surface area contributed by atoms with Gasteiger partial charge in [-0.2, -0.15) is 0 Å². The zero-order valence-electron chi connectivity index (χ0n) is 64.4. The Morgan fingerprint density at radius 2 is 0.479 bits per heavy atom. The molecule has 119 heavy (non-hydrogen) atoms. The fourth-order valence-electron chi connectivity index (χ4n) is 19.3. The molecule has 554 valence electrons. The van der Waals surface area contributed by atoms with E-state index >= 15 is 0 Å². The van der Waals surface area contributed by atoms with Crippen LogP contribution in [0.2, 0.25) is 0 Å². The molecule has 0 fully saturated rings. The molecule has 0 N–H and O–H groups in total. The van der Waals surface area contributed by atoms with Gasteiger partial charge in [0, 0.05) is 99.2 Å². The molecule has 0 saturated heterocycles. The second kappa shape index (κ2) is 27.1. The van der Waals surface area contributed by atoms with Crippen molar-refractivity contribution in [1.82, 2.24) is 43.2 Å². The van der Waals surface area contributed by atoms with Gasteiger partial charge in [-0.3, -0.25) is 0 Å². The lowest BCUT2D eigenvalue weighted by Crippen LogP contribution is -2.28. The van der Waals surface area contributed by atoms with Gasteiger partial charge in [0.2, 0.25) is 0 Å². The quantitative estimate of drug-likeness (QED) is 0.115. The van der Waals surface area contributed by atoms with Crippen LogP contribution in [0.25, 0.3) is 200 Å². The first-order chi connectivity index (χ1) is 59.0. The largest absolute Gasteiger partial charge is 0.309 e. The Balaban J connectivity index is 0.690. The van der Waals surface area contributed by atoms with Crippen LogP contribution < -0.4 is 0 Å². The lowest BCUT2D eigenvalue weighted by atomic mass is 9.67. The number of aromatic nitrogens is 9. The summed E-state index contributed by atoms with van der Waals surface area (Å²) >= 11 is 0. The molecule has 0 aliphatic heterocycles. The van der Waals surface area contributed by atoms with Crippen LogP contribution in [0.15, 0.2) is 419 Å². The molecule has 1 aliphatic carbocycles. The van der Waals surface area contributed by atoms with Crippen molar-refractivity contribution in [2.45, 2.75) is 5.41 Å². The number of hydrogen-bond donors (Lipinski definition) is 0. The van der Waals surface area contributed by atoms with Crippen molar-refractivity contribution in [2.24, 2.45) is 0 Å². The average molecular weight is 1520 g/mol. The van der Waals surface area contributed by atoms with Gasteiger partial charge in [-0.15, -0.1) is 0 Å². The molecule has 6 heterocycles. The number of para-hydroxylation sites is 6. The fourth-order valence-corrected chi connectivity index (χ4v) is 19.3. The SMILES string of the molecule is c1ccc(-c2nc(-c3cc(-n4c5ccccc5c5ccccc54)cc(-n4c5ccccc5c5cc(-c6ccc7c(c6)c6ccccc6n7-c6cc(-c7nc(-c8ccccc8)nc(-c8ccccc8)n7)cc(-n7c8ccccc8c8ccccc87)c6)ccc54)c3)cc(-c3cccc4c3-c3ccccc3C4(c3ccccc3)c3ccccc3)n2)cc1. The molecule has 9 nitrogen and oxygen atoms in total. The van der Waals surface area contributed by atoms with Crippen LogP contribution in [0.3, 0.4) is 0 Å². The highest BCUT2D eigenvalue weighted by Crippen LogP contribution is 2.59. The molecular weight excluding hydrogens is 1450 g/mol. The Morgan fingerprint density at radius 3 is 0.891 bits per heavy atom. The summed E-state index contributed by atoms with van der Waals surface area (Å²) < 4.78 is 9.71. The van der Waals surface area contributed by atoms with Gasteiger partial charge in [0.25, 0.3) is 0 Å². The molecule has 9 heteroatoms. The molecular formula is C110H69N9. The van der Waals surface area contributed by atoms with Gasteiger partial charge in [-0.25, -0.2) is 24.9 Å². The Labute approximate surface area is 685 Å². The average Bonchev–Trinajstić information content (AvgIpc) is 1.54. The van der Waals surface area contributed by atoms with E-state index in [-0.39, 0.29) is 0 Å². The highest BCUT2D eigenvalue weighted by molar-refractivity contribution is 6.15. The van der Waals surface area contributed by atoms with E-state index < -0.39 is 5.41 Å².